The van der Waals surface area contributed by atoms with Crippen molar-refractivity contribution in [2.45, 2.75) is 38.8 Å². The van der Waals surface area contributed by atoms with Gasteiger partial charge >= 0.3 is 0 Å². The van der Waals surface area contributed by atoms with E-state index in [1.165, 1.54) is 0 Å². The number of hydrogen-bond donors (Lipinski definition) is 1. The summed E-state index contributed by atoms with van der Waals surface area (Å²) in [6, 6.07) is 1.28. The van der Waals surface area contributed by atoms with Gasteiger partial charge in [0.05, 0.1) is 23.5 Å². The minimum atomic E-state index is -0.329. The molecule has 1 aliphatic heterocycles. The van der Waals surface area contributed by atoms with E-state index >= 15 is 0 Å². The predicted molar refractivity (Wildman–Crippen MR) is 85.2 cm³/mol. The van der Waals surface area contributed by atoms with Crippen LogP contribution >= 0.6 is 0 Å². The van der Waals surface area contributed by atoms with Gasteiger partial charge < -0.3 is 14.7 Å². The number of amides is 2. The molecule has 2 atom stereocenters. The van der Waals surface area contributed by atoms with E-state index in [-0.39, 0.29) is 30.3 Å². The smallest absolute Gasteiger partial charge is 0.257 e. The molecule has 0 unspecified atom stereocenters. The normalized spacial score (nSPS) is 20.7. The second-order valence-electron chi connectivity index (χ2n) is 6.03. The molecule has 24 heavy (non-hydrogen) atoms. The number of nitrogens with one attached hydrogen (secondary N) is 1. The van der Waals surface area contributed by atoms with Gasteiger partial charge in [-0.25, -0.2) is 0 Å². The summed E-state index contributed by atoms with van der Waals surface area (Å²) < 4.78 is 6.91. The number of carbonyl (C=O) groups excluding carboxylic acids is 2. The quantitative estimate of drug-likeness (QED) is 0.901. The third-order valence-electron chi connectivity index (χ3n) is 4.55. The molecule has 2 aromatic heterocycles. The molecule has 0 aromatic carbocycles. The van der Waals surface area contributed by atoms with Crippen LogP contribution < -0.4 is 5.32 Å². The van der Waals surface area contributed by atoms with E-state index in [0.717, 1.165) is 5.69 Å². The van der Waals surface area contributed by atoms with Gasteiger partial charge in [0, 0.05) is 33.1 Å². The Bertz CT molecular complexity index is 779. The second-order valence-corrected chi connectivity index (χ2v) is 6.03. The number of aryl methyl sites for hydroxylation is 3. The first kappa shape index (κ1) is 16.2. The zero-order valence-corrected chi connectivity index (χ0v) is 14.2. The topological polar surface area (TPSA) is 93.3 Å². The highest BCUT2D eigenvalue weighted by Crippen LogP contribution is 2.32. The molecule has 0 spiro atoms. The molecule has 0 aliphatic carbocycles. The van der Waals surface area contributed by atoms with E-state index in [2.05, 4.69) is 15.6 Å². The summed E-state index contributed by atoms with van der Waals surface area (Å²) >= 11 is 0. The molecule has 2 aromatic rings. The van der Waals surface area contributed by atoms with Gasteiger partial charge in [-0.15, -0.1) is 0 Å². The molecule has 8 nitrogen and oxygen atoms in total. The first-order chi connectivity index (χ1) is 11.4. The lowest BCUT2D eigenvalue weighted by molar-refractivity contribution is -0.127. The number of nitrogens with zero attached hydrogens (tertiary/aromatic N) is 4. The standard InChI is InChI=1S/C16H21N5O3/c1-5-12-14(9(2)19-24-12)16(23)18-10-8-13(22)20(3)15(10)11-6-7-17-21(11)4/h6-7,10,15H,5,8H2,1-4H3,(H,18,23)/t10-,15-/m1/s1. The van der Waals surface area contributed by atoms with Crippen LogP contribution in [0.25, 0.3) is 0 Å². The van der Waals surface area contributed by atoms with Crippen molar-refractivity contribution in [3.8, 4) is 0 Å². The molecule has 128 valence electrons. The van der Waals surface area contributed by atoms with E-state index in [0.29, 0.717) is 23.4 Å². The lowest BCUT2D eigenvalue weighted by Crippen LogP contribution is -2.40. The van der Waals surface area contributed by atoms with Crippen LogP contribution in [-0.4, -0.2) is 44.7 Å². The maximum absolute atomic E-state index is 12.7. The number of likely N-dealkylation sites (tertiary alicyclic amines) is 1. The average molecular weight is 331 g/mol. The molecule has 0 bridgehead atoms. The Morgan fingerprint density at radius 3 is 2.83 bits per heavy atom. The van der Waals surface area contributed by atoms with Crippen molar-refractivity contribution < 1.29 is 14.1 Å². The Morgan fingerprint density at radius 2 is 2.21 bits per heavy atom. The van der Waals surface area contributed by atoms with Gasteiger partial charge in [-0.1, -0.05) is 12.1 Å². The lowest BCUT2D eigenvalue weighted by atomic mass is 10.0. The average Bonchev–Trinajstić information content (AvgIpc) is 3.19. The van der Waals surface area contributed by atoms with Crippen LogP contribution in [0, 0.1) is 6.92 Å². The minimum Gasteiger partial charge on any atom is -0.360 e. The van der Waals surface area contributed by atoms with Gasteiger partial charge in [0.25, 0.3) is 5.91 Å². The number of aromatic nitrogens is 3. The fraction of sp³-hybridized carbons (Fsp3) is 0.500. The molecule has 3 heterocycles. The molecular weight excluding hydrogens is 310 g/mol. The fourth-order valence-electron chi connectivity index (χ4n) is 3.27. The van der Waals surface area contributed by atoms with Crippen molar-refractivity contribution in [2.75, 3.05) is 7.05 Å². The van der Waals surface area contributed by atoms with Gasteiger partial charge in [0.15, 0.2) is 0 Å². The third kappa shape index (κ3) is 2.57. The summed E-state index contributed by atoms with van der Waals surface area (Å²) in [4.78, 5) is 26.5. The first-order valence-electron chi connectivity index (χ1n) is 7.93. The fourth-order valence-corrected chi connectivity index (χ4v) is 3.27. The van der Waals surface area contributed by atoms with Crippen molar-refractivity contribution in [3.63, 3.8) is 0 Å². The number of likely N-dealkylation sites (N-methyl/N-ethyl adjacent to an activating group) is 1. The van der Waals surface area contributed by atoms with Crippen LogP contribution in [0.3, 0.4) is 0 Å². The highest BCUT2D eigenvalue weighted by atomic mass is 16.5. The summed E-state index contributed by atoms with van der Waals surface area (Å²) in [6.45, 7) is 3.64. The summed E-state index contributed by atoms with van der Waals surface area (Å²) in [5, 5.41) is 11.0. The highest BCUT2D eigenvalue weighted by molar-refractivity contribution is 5.97. The van der Waals surface area contributed by atoms with E-state index in [1.807, 2.05) is 20.0 Å². The molecule has 8 heteroatoms. The SMILES string of the molecule is CCc1onc(C)c1C(=O)N[C@@H]1CC(=O)N(C)[C@H]1c1ccnn1C. The van der Waals surface area contributed by atoms with Gasteiger partial charge in [0.2, 0.25) is 5.91 Å². The molecule has 1 fully saturated rings. The molecule has 3 rings (SSSR count). The Labute approximate surface area is 139 Å². The molecule has 1 saturated heterocycles. The summed E-state index contributed by atoms with van der Waals surface area (Å²) in [6.07, 6.45) is 2.52. The van der Waals surface area contributed by atoms with E-state index in [9.17, 15) is 9.59 Å². The Hall–Kier alpha value is -2.64. The summed E-state index contributed by atoms with van der Waals surface area (Å²) in [7, 11) is 3.57. The van der Waals surface area contributed by atoms with Crippen molar-refractivity contribution in [1.82, 2.24) is 25.2 Å². The lowest BCUT2D eigenvalue weighted by Gasteiger charge is -2.25. The van der Waals surface area contributed by atoms with Crippen LogP contribution in [0.2, 0.25) is 0 Å². The number of hydrogen-bond acceptors (Lipinski definition) is 5. The molecule has 0 saturated carbocycles. The summed E-state index contributed by atoms with van der Waals surface area (Å²) in [5.41, 5.74) is 1.90. The van der Waals surface area contributed by atoms with Crippen LogP contribution in [0.4, 0.5) is 0 Å². The largest absolute Gasteiger partial charge is 0.360 e. The van der Waals surface area contributed by atoms with E-state index < -0.39 is 0 Å². The number of carbonyl (C=O) groups is 2. The predicted octanol–water partition coefficient (Wildman–Crippen LogP) is 0.981. The van der Waals surface area contributed by atoms with E-state index in [1.54, 1.807) is 29.7 Å². The minimum absolute atomic E-state index is 0.00995. The molecular formula is C16H21N5O3. The highest BCUT2D eigenvalue weighted by Gasteiger charge is 2.41. The van der Waals surface area contributed by atoms with Crippen molar-refractivity contribution in [3.05, 3.63) is 35.0 Å². The zero-order chi connectivity index (χ0) is 17.4. The first-order valence-corrected chi connectivity index (χ1v) is 7.93. The van der Waals surface area contributed by atoms with Gasteiger partial charge in [-0.3, -0.25) is 14.3 Å². The van der Waals surface area contributed by atoms with Crippen molar-refractivity contribution >= 4 is 11.8 Å². The van der Waals surface area contributed by atoms with Crippen molar-refractivity contribution in [1.29, 1.82) is 0 Å². The second kappa shape index (κ2) is 6.10. The monoisotopic (exact) mass is 331 g/mol. The van der Waals surface area contributed by atoms with Gasteiger partial charge in [0.1, 0.15) is 11.3 Å². The van der Waals surface area contributed by atoms with Gasteiger partial charge in [-0.2, -0.15) is 5.10 Å². The maximum atomic E-state index is 12.7. The third-order valence-corrected chi connectivity index (χ3v) is 4.55. The zero-order valence-electron chi connectivity index (χ0n) is 14.2. The van der Waals surface area contributed by atoms with Crippen LogP contribution in [0.1, 0.15) is 46.9 Å². The van der Waals surface area contributed by atoms with Crippen LogP contribution in [0.5, 0.6) is 0 Å². The van der Waals surface area contributed by atoms with E-state index in [4.69, 9.17) is 4.52 Å². The van der Waals surface area contributed by atoms with Crippen LogP contribution in [0.15, 0.2) is 16.8 Å². The Morgan fingerprint density at radius 1 is 1.46 bits per heavy atom. The Balaban J connectivity index is 1.88. The molecule has 1 N–H and O–H groups in total. The molecule has 0 radical (unpaired) electrons. The maximum Gasteiger partial charge on any atom is 0.257 e. The molecule has 1 aliphatic rings. The van der Waals surface area contributed by atoms with Crippen molar-refractivity contribution in [2.24, 2.45) is 7.05 Å². The number of rotatable bonds is 4. The van der Waals surface area contributed by atoms with Crippen LogP contribution in [-0.2, 0) is 18.3 Å². The Kier molecular flexibility index (Phi) is 4.13. The summed E-state index contributed by atoms with van der Waals surface area (Å²) in [5.74, 6) is 0.287. The molecule has 2 amide bonds. The van der Waals surface area contributed by atoms with Gasteiger partial charge in [-0.05, 0) is 13.0 Å².